The Labute approximate surface area is 161 Å². The molecule has 0 spiro atoms. The zero-order chi connectivity index (χ0) is 17.0. The molecule has 0 N–H and O–H groups in total. The predicted octanol–water partition coefficient (Wildman–Crippen LogP) is 3.72. The van der Waals surface area contributed by atoms with Gasteiger partial charge in [-0.25, -0.2) is 0 Å². The van der Waals surface area contributed by atoms with Crippen molar-refractivity contribution >= 4 is 0 Å². The topological polar surface area (TPSA) is 46.2 Å². The second kappa shape index (κ2) is 13.4. The van der Waals surface area contributed by atoms with Crippen LogP contribution >= 0.6 is 0 Å². The number of hydrogen-bond donors (Lipinski definition) is 0. The third-order valence-electron chi connectivity index (χ3n) is 3.86. The van der Waals surface area contributed by atoms with Gasteiger partial charge in [0.15, 0.2) is 11.5 Å². The summed E-state index contributed by atoms with van der Waals surface area (Å²) in [5, 5.41) is 0. The molecule has 5 nitrogen and oxygen atoms in total. The van der Waals surface area contributed by atoms with Crippen molar-refractivity contribution in [2.75, 3.05) is 39.8 Å². The van der Waals surface area contributed by atoms with Gasteiger partial charge in [0.2, 0.25) is 6.79 Å². The summed E-state index contributed by atoms with van der Waals surface area (Å²) < 4.78 is 27.6. The zero-order valence-corrected chi connectivity index (χ0v) is 16.3. The Morgan fingerprint density at radius 2 is 1.40 bits per heavy atom. The van der Waals surface area contributed by atoms with Gasteiger partial charge >= 0.3 is 0 Å². The van der Waals surface area contributed by atoms with E-state index in [0.717, 1.165) is 43.8 Å². The van der Waals surface area contributed by atoms with Gasteiger partial charge in [0.05, 0.1) is 33.0 Å². The number of hydrogen-bond acceptors (Lipinski definition) is 5. The smallest absolute Gasteiger partial charge is 0.231 e. The minimum absolute atomic E-state index is 0. The van der Waals surface area contributed by atoms with Crippen LogP contribution in [0.3, 0.4) is 0 Å². The van der Waals surface area contributed by atoms with Gasteiger partial charge in [-0.1, -0.05) is 26.7 Å². The molecule has 146 valence electrons. The second-order valence-corrected chi connectivity index (χ2v) is 5.86. The van der Waals surface area contributed by atoms with Crippen molar-refractivity contribution in [3.8, 4) is 11.5 Å². The number of aryl methyl sites for hydroxylation is 1. The predicted molar refractivity (Wildman–Crippen MR) is 92.8 cm³/mol. The largest absolute Gasteiger partial charge is 0.454 e. The molecule has 6 heteroatoms. The van der Waals surface area contributed by atoms with E-state index in [-0.39, 0.29) is 16.5 Å². The molecule has 0 unspecified atom stereocenters. The molecule has 1 aliphatic heterocycles. The molecule has 0 fully saturated rings. The zero-order valence-electron chi connectivity index (χ0n) is 15.3. The van der Waals surface area contributed by atoms with Crippen molar-refractivity contribution in [3.05, 3.63) is 23.3 Å². The van der Waals surface area contributed by atoms with E-state index in [1.165, 1.54) is 11.1 Å². The Hall–Kier alpha value is -0.806. The van der Waals surface area contributed by atoms with Gasteiger partial charge in [-0.3, -0.25) is 0 Å². The fraction of sp³-hybridized carbons (Fsp3) is 0.684. The van der Waals surface area contributed by atoms with Crippen molar-refractivity contribution in [2.45, 2.75) is 46.1 Å². The maximum atomic E-state index is 5.75. The summed E-state index contributed by atoms with van der Waals surface area (Å²) in [5.74, 6) is 1.66. The molecule has 0 amide bonds. The molecular formula is C19H30NiO5. The first-order chi connectivity index (χ1) is 11.8. The molecule has 0 radical (unpaired) electrons. The Morgan fingerprint density at radius 3 is 2.04 bits per heavy atom. The van der Waals surface area contributed by atoms with Gasteiger partial charge < -0.3 is 23.7 Å². The van der Waals surface area contributed by atoms with Crippen molar-refractivity contribution in [1.29, 1.82) is 0 Å². The van der Waals surface area contributed by atoms with Gasteiger partial charge in [-0.2, -0.15) is 0 Å². The first-order valence-electron chi connectivity index (χ1n) is 8.99. The molecular weight excluding hydrogens is 367 g/mol. The molecule has 1 aliphatic rings. The molecule has 1 heterocycles. The SMILES string of the molecule is CCCCOCCOCCOCc1cc2c(cc1CCC)OCO2.[Ni]. The van der Waals surface area contributed by atoms with Crippen LogP contribution in [0.4, 0.5) is 0 Å². The number of rotatable bonds is 13. The van der Waals surface area contributed by atoms with Crippen LogP contribution in [-0.4, -0.2) is 39.8 Å². The maximum absolute atomic E-state index is 5.75. The Bertz CT molecular complexity index is 481. The minimum atomic E-state index is 0. The van der Waals surface area contributed by atoms with Crippen LogP contribution < -0.4 is 9.47 Å². The van der Waals surface area contributed by atoms with Crippen LogP contribution in [0.5, 0.6) is 11.5 Å². The van der Waals surface area contributed by atoms with E-state index in [0.29, 0.717) is 39.8 Å². The molecule has 0 bridgehead atoms. The summed E-state index contributed by atoms with van der Waals surface area (Å²) in [4.78, 5) is 0. The van der Waals surface area contributed by atoms with Crippen LogP contribution in [0.2, 0.25) is 0 Å². The number of unbranched alkanes of at least 4 members (excludes halogenated alkanes) is 1. The van der Waals surface area contributed by atoms with Crippen molar-refractivity contribution < 1.29 is 40.2 Å². The van der Waals surface area contributed by atoms with E-state index < -0.39 is 0 Å². The molecule has 0 aliphatic carbocycles. The molecule has 0 saturated heterocycles. The van der Waals surface area contributed by atoms with E-state index in [2.05, 4.69) is 19.9 Å². The summed E-state index contributed by atoms with van der Waals surface area (Å²) in [5.41, 5.74) is 2.44. The summed E-state index contributed by atoms with van der Waals surface area (Å²) in [7, 11) is 0. The van der Waals surface area contributed by atoms with Gasteiger partial charge in [0.25, 0.3) is 0 Å². The van der Waals surface area contributed by atoms with Crippen LogP contribution in [0.15, 0.2) is 12.1 Å². The van der Waals surface area contributed by atoms with Crippen molar-refractivity contribution in [2.24, 2.45) is 0 Å². The van der Waals surface area contributed by atoms with Crippen LogP contribution in [0.1, 0.15) is 44.2 Å². The summed E-state index contributed by atoms with van der Waals surface area (Å²) >= 11 is 0. The average Bonchev–Trinajstić information content (AvgIpc) is 3.04. The third-order valence-corrected chi connectivity index (χ3v) is 3.86. The average molecular weight is 397 g/mol. The number of fused-ring (bicyclic) bond motifs is 1. The molecule has 25 heavy (non-hydrogen) atoms. The number of ether oxygens (including phenoxy) is 5. The third kappa shape index (κ3) is 7.95. The van der Waals surface area contributed by atoms with Gasteiger partial charge in [0.1, 0.15) is 0 Å². The first kappa shape index (κ1) is 22.2. The molecule has 2 rings (SSSR count). The normalized spacial score (nSPS) is 12.2. The Balaban J connectivity index is 0.00000312. The quantitative estimate of drug-likeness (QED) is 0.375. The molecule has 1 aromatic rings. The van der Waals surface area contributed by atoms with Crippen LogP contribution in [0, 0.1) is 0 Å². The minimum Gasteiger partial charge on any atom is -0.454 e. The van der Waals surface area contributed by atoms with E-state index in [1.807, 2.05) is 6.07 Å². The Morgan fingerprint density at radius 1 is 0.800 bits per heavy atom. The number of benzene rings is 1. The van der Waals surface area contributed by atoms with Gasteiger partial charge in [0, 0.05) is 23.1 Å². The van der Waals surface area contributed by atoms with E-state index in [1.54, 1.807) is 0 Å². The van der Waals surface area contributed by atoms with Crippen LogP contribution in [0.25, 0.3) is 0 Å². The van der Waals surface area contributed by atoms with E-state index >= 15 is 0 Å². The molecule has 0 atom stereocenters. The first-order valence-corrected chi connectivity index (χ1v) is 8.99. The molecule has 0 saturated carbocycles. The molecule has 0 aromatic heterocycles. The monoisotopic (exact) mass is 396 g/mol. The fourth-order valence-corrected chi connectivity index (χ4v) is 2.53. The summed E-state index contributed by atoms with van der Waals surface area (Å²) in [6, 6.07) is 4.12. The van der Waals surface area contributed by atoms with Crippen molar-refractivity contribution in [1.82, 2.24) is 0 Å². The Kier molecular flexibility index (Phi) is 11.9. The standard InChI is InChI=1S/C19H30O5.Ni/c1-3-5-7-20-8-9-21-10-11-22-14-17-13-19-18(23-15-24-19)12-16(17)6-4-2;/h12-13H,3-11,14-15H2,1-2H3;. The second-order valence-electron chi connectivity index (χ2n) is 5.86. The van der Waals surface area contributed by atoms with Gasteiger partial charge in [-0.15, -0.1) is 0 Å². The fourth-order valence-electron chi connectivity index (χ4n) is 2.53. The van der Waals surface area contributed by atoms with E-state index in [4.69, 9.17) is 23.7 Å². The van der Waals surface area contributed by atoms with E-state index in [9.17, 15) is 0 Å². The van der Waals surface area contributed by atoms with Crippen LogP contribution in [-0.2, 0) is 43.7 Å². The maximum Gasteiger partial charge on any atom is 0.231 e. The van der Waals surface area contributed by atoms with Crippen molar-refractivity contribution in [3.63, 3.8) is 0 Å². The summed E-state index contributed by atoms with van der Waals surface area (Å²) in [6.07, 6.45) is 4.38. The summed E-state index contributed by atoms with van der Waals surface area (Å²) in [6.45, 7) is 8.47. The van der Waals surface area contributed by atoms with Gasteiger partial charge in [-0.05, 0) is 36.1 Å². The molecule has 1 aromatic carbocycles.